The number of carbonyl (C=O) groups excluding carboxylic acids is 2. The van der Waals surface area contributed by atoms with Gasteiger partial charge in [0.15, 0.2) is 0 Å². The lowest BCUT2D eigenvalue weighted by atomic mass is 9.94. The molecule has 4 rings (SSSR count). The van der Waals surface area contributed by atoms with Crippen LogP contribution in [0.15, 0.2) is 66.9 Å². The summed E-state index contributed by atoms with van der Waals surface area (Å²) < 4.78 is 24.9. The summed E-state index contributed by atoms with van der Waals surface area (Å²) in [7, 11) is 3.03. The van der Waals surface area contributed by atoms with Crippen molar-refractivity contribution in [2.75, 3.05) is 19.1 Å². The van der Waals surface area contributed by atoms with Crippen molar-refractivity contribution < 1.29 is 23.5 Å². The van der Waals surface area contributed by atoms with Crippen LogP contribution in [0.25, 0.3) is 0 Å². The molecule has 7 nitrogen and oxygen atoms in total. The summed E-state index contributed by atoms with van der Waals surface area (Å²) in [5, 5.41) is 3.15. The summed E-state index contributed by atoms with van der Waals surface area (Å²) in [5.41, 5.74) is 0.943. The standard InChI is InChI=1S/C28H30FN3O4/c1-35-22-15-16-25(36-2)23(18-22)26(27(33)31-20-8-4-3-5-9-20)32(21-13-11-19(29)12-14-21)28(34)24-10-6-7-17-30-24/h6-7,10-18,20,26H,3-5,8-9H2,1-2H3,(H,31,33)/t26-/m0/s1. The molecule has 1 aliphatic carbocycles. The van der Waals surface area contributed by atoms with Crippen molar-refractivity contribution in [1.82, 2.24) is 10.3 Å². The minimum atomic E-state index is -1.13. The van der Waals surface area contributed by atoms with E-state index in [2.05, 4.69) is 10.3 Å². The molecule has 2 aromatic carbocycles. The van der Waals surface area contributed by atoms with Gasteiger partial charge in [0, 0.05) is 23.5 Å². The first-order chi connectivity index (χ1) is 17.5. The molecule has 1 atom stereocenters. The number of carbonyl (C=O) groups is 2. The van der Waals surface area contributed by atoms with Crippen molar-refractivity contribution in [2.45, 2.75) is 44.2 Å². The number of nitrogens with zero attached hydrogens (tertiary/aromatic N) is 2. The number of pyridine rings is 1. The van der Waals surface area contributed by atoms with Gasteiger partial charge in [0.05, 0.1) is 14.2 Å². The second-order valence-corrected chi connectivity index (χ2v) is 8.72. The average molecular weight is 492 g/mol. The van der Waals surface area contributed by atoms with Gasteiger partial charge >= 0.3 is 0 Å². The van der Waals surface area contributed by atoms with Crippen LogP contribution in [0.5, 0.6) is 11.5 Å². The van der Waals surface area contributed by atoms with Crippen LogP contribution in [0.4, 0.5) is 10.1 Å². The van der Waals surface area contributed by atoms with Gasteiger partial charge in [0.1, 0.15) is 29.1 Å². The average Bonchev–Trinajstić information content (AvgIpc) is 2.92. The molecule has 36 heavy (non-hydrogen) atoms. The third-order valence-electron chi connectivity index (χ3n) is 6.40. The van der Waals surface area contributed by atoms with Crippen molar-refractivity contribution in [3.8, 4) is 11.5 Å². The number of anilines is 1. The first-order valence-corrected chi connectivity index (χ1v) is 12.0. The van der Waals surface area contributed by atoms with Crippen molar-refractivity contribution in [3.05, 3.63) is 83.9 Å². The van der Waals surface area contributed by atoms with Crippen LogP contribution in [0.2, 0.25) is 0 Å². The molecule has 0 saturated heterocycles. The minimum Gasteiger partial charge on any atom is -0.497 e. The van der Waals surface area contributed by atoms with E-state index < -0.39 is 17.8 Å². The van der Waals surface area contributed by atoms with E-state index in [1.165, 1.54) is 49.6 Å². The van der Waals surface area contributed by atoms with Crippen LogP contribution in [-0.2, 0) is 4.79 Å². The van der Waals surface area contributed by atoms with Gasteiger partial charge in [-0.3, -0.25) is 19.5 Å². The topological polar surface area (TPSA) is 80.8 Å². The van der Waals surface area contributed by atoms with Gasteiger partial charge in [0.25, 0.3) is 5.91 Å². The Hall–Kier alpha value is -3.94. The molecule has 1 saturated carbocycles. The molecule has 2 amide bonds. The zero-order valence-corrected chi connectivity index (χ0v) is 20.4. The minimum absolute atomic E-state index is 0.00497. The zero-order valence-electron chi connectivity index (χ0n) is 20.4. The maximum absolute atomic E-state index is 14.0. The summed E-state index contributed by atoms with van der Waals surface area (Å²) in [4.78, 5) is 33.5. The maximum Gasteiger partial charge on any atom is 0.277 e. The molecule has 188 valence electrons. The number of hydrogen-bond acceptors (Lipinski definition) is 5. The highest BCUT2D eigenvalue weighted by atomic mass is 19.1. The Kier molecular flexibility index (Phi) is 8.15. The number of hydrogen-bond donors (Lipinski definition) is 1. The maximum atomic E-state index is 14.0. The fourth-order valence-electron chi connectivity index (χ4n) is 4.58. The number of rotatable bonds is 8. The smallest absolute Gasteiger partial charge is 0.277 e. The van der Waals surface area contributed by atoms with Gasteiger partial charge in [-0.2, -0.15) is 0 Å². The van der Waals surface area contributed by atoms with Gasteiger partial charge in [0.2, 0.25) is 5.91 Å². The summed E-state index contributed by atoms with van der Waals surface area (Å²) in [6, 6.07) is 14.4. The van der Waals surface area contributed by atoms with Crippen LogP contribution < -0.4 is 19.7 Å². The van der Waals surface area contributed by atoms with E-state index in [1.54, 1.807) is 36.4 Å². The fourth-order valence-corrected chi connectivity index (χ4v) is 4.58. The van der Waals surface area contributed by atoms with Gasteiger partial charge in [-0.1, -0.05) is 25.3 Å². The Bertz CT molecular complexity index is 1180. The van der Waals surface area contributed by atoms with Crippen LogP contribution in [0, 0.1) is 5.82 Å². The largest absolute Gasteiger partial charge is 0.497 e. The molecule has 8 heteroatoms. The third kappa shape index (κ3) is 5.64. The van der Waals surface area contributed by atoms with E-state index in [1.807, 2.05) is 0 Å². The van der Waals surface area contributed by atoms with E-state index in [4.69, 9.17) is 9.47 Å². The lowest BCUT2D eigenvalue weighted by molar-refractivity contribution is -0.123. The summed E-state index contributed by atoms with van der Waals surface area (Å²) in [6.45, 7) is 0. The highest BCUT2D eigenvalue weighted by molar-refractivity contribution is 6.09. The van der Waals surface area contributed by atoms with E-state index in [9.17, 15) is 14.0 Å². The fraction of sp³-hybridized carbons (Fsp3) is 0.321. The number of ether oxygens (including phenoxy) is 2. The lowest BCUT2D eigenvalue weighted by Gasteiger charge is -2.34. The quantitative estimate of drug-likeness (QED) is 0.476. The SMILES string of the molecule is COc1ccc(OC)c([C@@H](C(=O)NC2CCCCC2)N(C(=O)c2ccccn2)c2ccc(F)cc2)c1. The number of aromatic nitrogens is 1. The van der Waals surface area contributed by atoms with Gasteiger partial charge in [-0.25, -0.2) is 4.39 Å². The van der Waals surface area contributed by atoms with Crippen LogP contribution in [0.3, 0.4) is 0 Å². The predicted octanol–water partition coefficient (Wildman–Crippen LogP) is 5.07. The molecule has 1 heterocycles. The van der Waals surface area contributed by atoms with Crippen LogP contribution in [0.1, 0.15) is 54.2 Å². The lowest BCUT2D eigenvalue weighted by Crippen LogP contribution is -2.47. The van der Waals surface area contributed by atoms with E-state index in [0.717, 1.165) is 32.1 Å². The number of halogens is 1. The molecule has 0 spiro atoms. The highest BCUT2D eigenvalue weighted by Gasteiger charge is 2.37. The molecule has 0 radical (unpaired) electrons. The van der Waals surface area contributed by atoms with Crippen LogP contribution in [-0.4, -0.2) is 37.1 Å². The van der Waals surface area contributed by atoms with E-state index >= 15 is 0 Å². The zero-order chi connectivity index (χ0) is 25.5. The molecule has 1 aromatic heterocycles. The molecule has 1 N–H and O–H groups in total. The number of methoxy groups -OCH3 is 2. The molecular formula is C28H30FN3O4. The first-order valence-electron chi connectivity index (χ1n) is 12.0. The third-order valence-corrected chi connectivity index (χ3v) is 6.40. The predicted molar refractivity (Wildman–Crippen MR) is 135 cm³/mol. The van der Waals surface area contributed by atoms with Crippen LogP contribution >= 0.6 is 0 Å². The second-order valence-electron chi connectivity index (χ2n) is 8.72. The monoisotopic (exact) mass is 491 g/mol. The Morgan fingerprint density at radius 3 is 2.39 bits per heavy atom. The second kappa shape index (κ2) is 11.7. The normalized spacial score (nSPS) is 14.5. The molecule has 3 aromatic rings. The molecule has 1 fully saturated rings. The van der Waals surface area contributed by atoms with Gasteiger partial charge in [-0.05, 0) is 67.4 Å². The summed E-state index contributed by atoms with van der Waals surface area (Å²) >= 11 is 0. The number of benzene rings is 2. The number of amides is 2. The van der Waals surface area contributed by atoms with Crippen molar-refractivity contribution in [1.29, 1.82) is 0 Å². The van der Waals surface area contributed by atoms with Crippen molar-refractivity contribution in [3.63, 3.8) is 0 Å². The Balaban J connectivity index is 1.87. The Morgan fingerprint density at radius 2 is 1.75 bits per heavy atom. The Morgan fingerprint density at radius 1 is 1.00 bits per heavy atom. The van der Waals surface area contributed by atoms with Gasteiger partial charge in [-0.15, -0.1) is 0 Å². The molecule has 0 aliphatic heterocycles. The van der Waals surface area contributed by atoms with Gasteiger partial charge < -0.3 is 14.8 Å². The van der Waals surface area contributed by atoms with E-state index in [0.29, 0.717) is 22.7 Å². The van der Waals surface area contributed by atoms with Crippen molar-refractivity contribution >= 4 is 17.5 Å². The molecular weight excluding hydrogens is 461 g/mol. The molecule has 1 aliphatic rings. The summed E-state index contributed by atoms with van der Waals surface area (Å²) in [5.74, 6) is -0.393. The number of nitrogens with one attached hydrogen (secondary N) is 1. The molecule has 0 unspecified atom stereocenters. The first kappa shape index (κ1) is 25.2. The molecule has 0 bridgehead atoms. The highest BCUT2D eigenvalue weighted by Crippen LogP contribution is 2.37. The Labute approximate surface area is 210 Å². The van der Waals surface area contributed by atoms with E-state index in [-0.39, 0.29) is 17.6 Å². The van der Waals surface area contributed by atoms with Crippen molar-refractivity contribution in [2.24, 2.45) is 0 Å². The summed E-state index contributed by atoms with van der Waals surface area (Å²) in [6.07, 6.45) is 6.47.